The van der Waals surface area contributed by atoms with Crippen LogP contribution in [0.2, 0.25) is 5.02 Å². The number of aliphatic hydroxyl groups excluding tert-OH is 1. The van der Waals surface area contributed by atoms with Crippen molar-refractivity contribution in [2.45, 2.75) is 37.0 Å². The fourth-order valence-corrected chi connectivity index (χ4v) is 5.41. The molecule has 0 bridgehead atoms. The van der Waals surface area contributed by atoms with E-state index in [0.29, 0.717) is 17.3 Å². The number of β-amino-alcohol motifs (C(OH)–C–C–N with tert-alkyl or cyclic N) is 1. The van der Waals surface area contributed by atoms with Crippen molar-refractivity contribution < 1.29 is 24.1 Å². The number of hydrogen-bond donors (Lipinski definition) is 2. The maximum Gasteiger partial charge on any atom is 0.337 e. The summed E-state index contributed by atoms with van der Waals surface area (Å²) < 4.78 is 20.1. The maximum atomic E-state index is 13.8. The Bertz CT molecular complexity index is 1020. The molecule has 2 saturated heterocycles. The average Bonchev–Trinajstić information content (AvgIpc) is 3.28. The zero-order valence-electron chi connectivity index (χ0n) is 16.9. The van der Waals surface area contributed by atoms with E-state index in [1.165, 1.54) is 12.1 Å². The third-order valence-corrected chi connectivity index (χ3v) is 7.06. The Labute approximate surface area is 184 Å². The topological polar surface area (TPSA) is 73.2 Å². The lowest BCUT2D eigenvalue weighted by atomic mass is 9.86. The monoisotopic (exact) mass is 446 g/mol. The molecule has 2 N–H and O–H groups in total. The number of ether oxygens (including phenoxy) is 1. The van der Waals surface area contributed by atoms with Crippen LogP contribution in [0.1, 0.15) is 28.8 Å². The van der Waals surface area contributed by atoms with Gasteiger partial charge in [0.15, 0.2) is 0 Å². The largest absolute Gasteiger partial charge is 0.487 e. The number of anilines is 1. The number of rotatable bonds is 3. The molecule has 2 aromatic rings. The number of halogens is 2. The van der Waals surface area contributed by atoms with Crippen LogP contribution in [0.5, 0.6) is 5.75 Å². The van der Waals surface area contributed by atoms with E-state index in [2.05, 4.69) is 4.90 Å². The number of likely N-dealkylation sites (tertiary alicyclic amines) is 1. The minimum Gasteiger partial charge on any atom is -0.487 e. The number of piperidine rings is 1. The maximum absolute atomic E-state index is 13.8. The predicted molar refractivity (Wildman–Crippen MR) is 115 cm³/mol. The van der Waals surface area contributed by atoms with Crippen LogP contribution in [0.25, 0.3) is 0 Å². The molecular formula is C23H24ClFN2O4. The molecule has 0 aromatic heterocycles. The van der Waals surface area contributed by atoms with Crippen molar-refractivity contribution in [2.24, 2.45) is 0 Å². The summed E-state index contributed by atoms with van der Waals surface area (Å²) in [5.74, 6) is -0.695. The molecule has 31 heavy (non-hydrogen) atoms. The molecule has 3 heterocycles. The Morgan fingerprint density at radius 3 is 2.68 bits per heavy atom. The summed E-state index contributed by atoms with van der Waals surface area (Å²) in [6.45, 7) is 2.27. The van der Waals surface area contributed by atoms with Crippen LogP contribution in [0.3, 0.4) is 0 Å². The molecule has 3 aliphatic heterocycles. The van der Waals surface area contributed by atoms with Crippen LogP contribution < -0.4 is 9.64 Å². The highest BCUT2D eigenvalue weighted by Gasteiger charge is 2.45. The van der Waals surface area contributed by atoms with Gasteiger partial charge in [0, 0.05) is 50.5 Å². The van der Waals surface area contributed by atoms with Crippen LogP contribution in [0.15, 0.2) is 36.4 Å². The van der Waals surface area contributed by atoms with Gasteiger partial charge in [-0.25, -0.2) is 9.18 Å². The molecule has 3 aliphatic rings. The molecule has 2 aromatic carbocycles. The molecule has 2 unspecified atom stereocenters. The summed E-state index contributed by atoms with van der Waals surface area (Å²) in [6, 6.07) is 9.26. The number of nitrogens with zero attached hydrogens (tertiary/aromatic N) is 2. The molecule has 5 rings (SSSR count). The Morgan fingerprint density at radius 2 is 1.94 bits per heavy atom. The second-order valence-corrected chi connectivity index (χ2v) is 9.19. The zero-order chi connectivity index (χ0) is 21.8. The molecule has 1 spiro atoms. The first-order valence-corrected chi connectivity index (χ1v) is 10.9. The Morgan fingerprint density at radius 1 is 1.16 bits per heavy atom. The zero-order valence-corrected chi connectivity index (χ0v) is 17.7. The van der Waals surface area contributed by atoms with Crippen molar-refractivity contribution in [2.75, 3.05) is 31.1 Å². The van der Waals surface area contributed by atoms with E-state index in [1.54, 1.807) is 4.90 Å². The quantitative estimate of drug-likeness (QED) is 0.754. The highest BCUT2D eigenvalue weighted by molar-refractivity contribution is 6.30. The summed E-state index contributed by atoms with van der Waals surface area (Å²) in [5, 5.41) is 20.9. The number of hydrogen-bond acceptors (Lipinski definition) is 5. The van der Waals surface area contributed by atoms with E-state index >= 15 is 0 Å². The van der Waals surface area contributed by atoms with E-state index in [0.717, 1.165) is 49.7 Å². The predicted octanol–water partition coefficient (Wildman–Crippen LogP) is 3.20. The molecule has 6 nitrogen and oxygen atoms in total. The summed E-state index contributed by atoms with van der Waals surface area (Å²) >= 11 is 6.12. The molecular weight excluding hydrogens is 423 g/mol. The molecule has 0 radical (unpaired) electrons. The number of carboxylic acid groups (broad SMARTS) is 1. The third kappa shape index (κ3) is 3.75. The molecule has 0 amide bonds. The van der Waals surface area contributed by atoms with Crippen LogP contribution in [0.4, 0.5) is 10.1 Å². The summed E-state index contributed by atoms with van der Waals surface area (Å²) in [7, 11) is 0. The molecule has 2 atom stereocenters. The summed E-state index contributed by atoms with van der Waals surface area (Å²) in [5.41, 5.74) is 1.27. The minimum absolute atomic E-state index is 0.0441. The van der Waals surface area contributed by atoms with Gasteiger partial charge < -0.3 is 19.8 Å². The summed E-state index contributed by atoms with van der Waals surface area (Å²) in [6.07, 6.45) is 1.87. The van der Waals surface area contributed by atoms with Crippen molar-refractivity contribution in [3.8, 4) is 5.75 Å². The first kappa shape index (κ1) is 20.5. The van der Waals surface area contributed by atoms with Crippen LogP contribution in [-0.4, -0.2) is 65.0 Å². The molecule has 8 heteroatoms. The third-order valence-electron chi connectivity index (χ3n) is 6.83. The van der Waals surface area contributed by atoms with E-state index in [1.807, 2.05) is 18.2 Å². The lowest BCUT2D eigenvalue weighted by Gasteiger charge is -2.41. The lowest BCUT2D eigenvalue weighted by molar-refractivity contribution is -0.0107. The highest BCUT2D eigenvalue weighted by Crippen LogP contribution is 2.42. The second kappa shape index (κ2) is 7.65. The van der Waals surface area contributed by atoms with E-state index in [-0.39, 0.29) is 23.8 Å². The van der Waals surface area contributed by atoms with Gasteiger partial charge in [-0.15, -0.1) is 0 Å². The average molecular weight is 447 g/mol. The number of carboxylic acids is 1. The van der Waals surface area contributed by atoms with Crippen molar-refractivity contribution in [3.63, 3.8) is 0 Å². The van der Waals surface area contributed by atoms with Gasteiger partial charge in [0.1, 0.15) is 17.2 Å². The molecule has 164 valence electrons. The van der Waals surface area contributed by atoms with Gasteiger partial charge >= 0.3 is 5.97 Å². The number of fused-ring (bicyclic) bond motifs is 1. The minimum atomic E-state index is -1.11. The molecule has 2 fully saturated rings. The van der Waals surface area contributed by atoms with E-state index in [4.69, 9.17) is 16.3 Å². The summed E-state index contributed by atoms with van der Waals surface area (Å²) in [4.78, 5) is 15.6. The van der Waals surface area contributed by atoms with Crippen LogP contribution in [-0.2, 0) is 6.42 Å². The Kier molecular flexibility index (Phi) is 5.07. The van der Waals surface area contributed by atoms with E-state index in [9.17, 15) is 19.4 Å². The van der Waals surface area contributed by atoms with Crippen LogP contribution >= 0.6 is 11.6 Å². The normalized spacial score (nSPS) is 24.9. The molecule has 0 saturated carbocycles. The number of aliphatic hydroxyl groups is 1. The van der Waals surface area contributed by atoms with Gasteiger partial charge in [-0.05, 0) is 42.0 Å². The van der Waals surface area contributed by atoms with Crippen molar-refractivity contribution in [3.05, 3.63) is 58.4 Å². The van der Waals surface area contributed by atoms with E-state index < -0.39 is 17.9 Å². The van der Waals surface area contributed by atoms with Gasteiger partial charge in [0.05, 0.1) is 23.4 Å². The standard InChI is InChI=1S/C23H24ClFN2O4/c24-15-1-4-21-14(9-15)11-23(31-21)5-7-26(8-6-23)19-12-27(13-20(19)28)18-10-16(25)2-3-17(18)22(29)30/h1-4,9-10,19-20,28H,5-8,11-13H2,(H,29,30). The lowest BCUT2D eigenvalue weighted by Crippen LogP contribution is -2.53. The van der Waals surface area contributed by atoms with Crippen molar-refractivity contribution >= 4 is 23.3 Å². The van der Waals surface area contributed by atoms with Gasteiger partial charge in [0.2, 0.25) is 0 Å². The van der Waals surface area contributed by atoms with Gasteiger partial charge in [0.25, 0.3) is 0 Å². The smallest absolute Gasteiger partial charge is 0.337 e. The van der Waals surface area contributed by atoms with Crippen LogP contribution in [0, 0.1) is 5.82 Å². The van der Waals surface area contributed by atoms with Gasteiger partial charge in [-0.3, -0.25) is 4.90 Å². The Balaban J connectivity index is 1.27. The van der Waals surface area contributed by atoms with Crippen molar-refractivity contribution in [1.82, 2.24) is 4.90 Å². The van der Waals surface area contributed by atoms with Gasteiger partial charge in [-0.1, -0.05) is 11.6 Å². The second-order valence-electron chi connectivity index (χ2n) is 8.76. The Hall–Kier alpha value is -2.35. The fourth-order valence-electron chi connectivity index (χ4n) is 5.22. The highest BCUT2D eigenvalue weighted by atomic mass is 35.5. The molecule has 0 aliphatic carbocycles. The number of benzene rings is 2. The van der Waals surface area contributed by atoms with Gasteiger partial charge in [-0.2, -0.15) is 0 Å². The number of aromatic carboxylic acids is 1. The van der Waals surface area contributed by atoms with Crippen molar-refractivity contribution in [1.29, 1.82) is 0 Å². The fraction of sp³-hybridized carbons (Fsp3) is 0.435. The SMILES string of the molecule is O=C(O)c1ccc(F)cc1N1CC(O)C(N2CCC3(CC2)Cc2cc(Cl)ccc2O3)C1. The first-order chi connectivity index (χ1) is 14.8. The number of carbonyl (C=O) groups is 1. The first-order valence-electron chi connectivity index (χ1n) is 10.5.